The molecule has 0 aromatic heterocycles. The Hall–Kier alpha value is -2.77. The van der Waals surface area contributed by atoms with Crippen molar-refractivity contribution >= 4 is 29.7 Å². The zero-order chi connectivity index (χ0) is 24.8. The molecule has 0 bridgehead atoms. The number of hydrogen-bond donors (Lipinski definition) is 8. The number of nitrogens with two attached hydrogens (primary N) is 2. The van der Waals surface area contributed by atoms with Gasteiger partial charge in [-0.2, -0.15) is 0 Å². The molecule has 5 atom stereocenters. The molecule has 0 rings (SSSR count). The fourth-order valence-corrected chi connectivity index (χ4v) is 2.66. The van der Waals surface area contributed by atoms with E-state index >= 15 is 0 Å². The highest BCUT2D eigenvalue weighted by Crippen LogP contribution is 2.07. The van der Waals surface area contributed by atoms with Crippen LogP contribution in [0.4, 0.5) is 0 Å². The summed E-state index contributed by atoms with van der Waals surface area (Å²) in [5.74, 6) is -5.59. The molecule has 0 aliphatic rings. The van der Waals surface area contributed by atoms with Crippen LogP contribution in [-0.2, 0) is 24.0 Å². The highest BCUT2D eigenvalue weighted by atomic mass is 16.4. The van der Waals surface area contributed by atoms with Crippen LogP contribution >= 0.6 is 0 Å². The molecule has 3 amide bonds. The maximum absolute atomic E-state index is 12.7. The molecule has 0 aliphatic carbocycles. The number of carboxylic acid groups (broad SMARTS) is 2. The molecule has 0 radical (unpaired) electrons. The van der Waals surface area contributed by atoms with Crippen molar-refractivity contribution < 1.29 is 39.3 Å². The van der Waals surface area contributed by atoms with Gasteiger partial charge in [-0.25, -0.2) is 4.79 Å². The Bertz CT molecular complexity index is 660. The topological polar surface area (TPSA) is 234 Å². The molecule has 0 aromatic rings. The van der Waals surface area contributed by atoms with Crippen LogP contribution in [-0.4, -0.2) is 82.3 Å². The number of nitrogens with one attached hydrogen (secondary N) is 3. The molecule has 0 spiro atoms. The molecule has 184 valence electrons. The molecule has 10 N–H and O–H groups in total. The van der Waals surface area contributed by atoms with E-state index in [4.69, 9.17) is 26.8 Å². The Morgan fingerprint density at radius 3 is 1.88 bits per heavy atom. The van der Waals surface area contributed by atoms with Crippen LogP contribution in [0, 0.1) is 5.92 Å². The first-order valence-corrected chi connectivity index (χ1v) is 10.4. The third kappa shape index (κ3) is 10.5. The van der Waals surface area contributed by atoms with E-state index in [9.17, 15) is 24.0 Å². The van der Waals surface area contributed by atoms with Crippen molar-refractivity contribution in [1.29, 1.82) is 0 Å². The van der Waals surface area contributed by atoms with Crippen molar-refractivity contribution in [2.75, 3.05) is 13.2 Å². The smallest absolute Gasteiger partial charge is 0.328 e. The van der Waals surface area contributed by atoms with Crippen molar-refractivity contribution in [2.24, 2.45) is 17.4 Å². The van der Waals surface area contributed by atoms with Crippen LogP contribution in [0.15, 0.2) is 0 Å². The molecule has 13 nitrogen and oxygen atoms in total. The second-order valence-electron chi connectivity index (χ2n) is 7.50. The molecule has 0 saturated heterocycles. The van der Waals surface area contributed by atoms with Crippen LogP contribution in [0.5, 0.6) is 0 Å². The van der Waals surface area contributed by atoms with Gasteiger partial charge >= 0.3 is 11.9 Å². The molecule has 5 unspecified atom stereocenters. The number of rotatable bonds is 16. The van der Waals surface area contributed by atoms with E-state index in [1.807, 2.05) is 6.92 Å². The first-order valence-electron chi connectivity index (χ1n) is 10.4. The summed E-state index contributed by atoms with van der Waals surface area (Å²) in [6, 6.07) is -5.29. The maximum Gasteiger partial charge on any atom is 0.328 e. The summed E-state index contributed by atoms with van der Waals surface area (Å²) >= 11 is 0. The molecule has 0 aliphatic heterocycles. The summed E-state index contributed by atoms with van der Waals surface area (Å²) in [5, 5.41) is 34.0. The van der Waals surface area contributed by atoms with E-state index in [2.05, 4.69) is 16.0 Å². The van der Waals surface area contributed by atoms with E-state index in [-0.39, 0.29) is 12.3 Å². The normalized spacial score (nSPS) is 15.5. The van der Waals surface area contributed by atoms with Crippen LogP contribution in [0.2, 0.25) is 0 Å². The molecule has 13 heteroatoms. The summed E-state index contributed by atoms with van der Waals surface area (Å²) in [5.41, 5.74) is 11.3. The number of carbonyl (C=O) groups is 5. The minimum atomic E-state index is -1.58. The van der Waals surface area contributed by atoms with E-state index in [1.165, 1.54) is 0 Å². The number of carboxylic acids is 2. The zero-order valence-corrected chi connectivity index (χ0v) is 18.4. The Balaban J connectivity index is 5.47. The predicted molar refractivity (Wildman–Crippen MR) is 113 cm³/mol. The first kappa shape index (κ1) is 29.2. The Morgan fingerprint density at radius 2 is 1.41 bits per heavy atom. The van der Waals surface area contributed by atoms with Gasteiger partial charge in [-0.1, -0.05) is 20.3 Å². The van der Waals surface area contributed by atoms with Gasteiger partial charge in [0, 0.05) is 0 Å². The SMILES string of the molecule is CCC(C)C(N)C(=O)NC(CC(=O)O)C(=O)NC(CCCCN)C(=O)NC(CO)C(=O)O. The van der Waals surface area contributed by atoms with E-state index in [0.717, 1.165) is 0 Å². The van der Waals surface area contributed by atoms with Gasteiger partial charge < -0.3 is 42.7 Å². The molecule has 0 fully saturated rings. The van der Waals surface area contributed by atoms with Gasteiger partial charge in [-0.3, -0.25) is 19.2 Å². The third-order valence-electron chi connectivity index (χ3n) is 4.95. The maximum atomic E-state index is 12.7. The molecular weight excluding hydrogens is 426 g/mol. The van der Waals surface area contributed by atoms with Crippen LogP contribution in [0.3, 0.4) is 0 Å². The standard InChI is InChI=1S/C19H35N5O8/c1-3-10(2)15(21)18(30)23-12(8-14(26)27)17(29)22-11(6-4-5-7-20)16(28)24-13(9-25)19(31)32/h10-13,15,25H,3-9,20-21H2,1-2H3,(H,22,29)(H,23,30)(H,24,28)(H,26,27)(H,31,32). The van der Waals surface area contributed by atoms with Gasteiger partial charge in [0.15, 0.2) is 0 Å². The number of unbranched alkanes of at least 4 members (excludes halogenated alkanes) is 1. The lowest BCUT2D eigenvalue weighted by atomic mass is 9.99. The Kier molecular flexibility index (Phi) is 13.8. The second-order valence-corrected chi connectivity index (χ2v) is 7.50. The minimum absolute atomic E-state index is 0.0761. The van der Waals surface area contributed by atoms with Gasteiger partial charge in [0.25, 0.3) is 0 Å². The fourth-order valence-electron chi connectivity index (χ4n) is 2.66. The van der Waals surface area contributed by atoms with Crippen LogP contribution < -0.4 is 27.4 Å². The molecule has 0 saturated carbocycles. The van der Waals surface area contributed by atoms with Crippen LogP contribution in [0.25, 0.3) is 0 Å². The molecule has 0 aromatic carbocycles. The minimum Gasteiger partial charge on any atom is -0.481 e. The number of carbonyl (C=O) groups excluding carboxylic acids is 3. The van der Waals surface area contributed by atoms with Crippen molar-refractivity contribution in [3.05, 3.63) is 0 Å². The predicted octanol–water partition coefficient (Wildman–Crippen LogP) is -2.51. The second kappa shape index (κ2) is 15.1. The summed E-state index contributed by atoms with van der Waals surface area (Å²) in [6.45, 7) is 3.01. The van der Waals surface area contributed by atoms with E-state index in [1.54, 1.807) is 6.92 Å². The van der Waals surface area contributed by atoms with Gasteiger partial charge in [-0.05, 0) is 31.7 Å². The molecular formula is C19H35N5O8. The average Bonchev–Trinajstić information content (AvgIpc) is 2.74. The summed E-state index contributed by atoms with van der Waals surface area (Å²) in [7, 11) is 0. The first-order chi connectivity index (χ1) is 15.0. The number of aliphatic hydroxyl groups is 1. The number of hydrogen-bond acceptors (Lipinski definition) is 8. The fraction of sp³-hybridized carbons (Fsp3) is 0.737. The third-order valence-corrected chi connectivity index (χ3v) is 4.95. The van der Waals surface area contributed by atoms with Crippen molar-refractivity contribution in [3.8, 4) is 0 Å². The van der Waals surface area contributed by atoms with Crippen molar-refractivity contribution in [1.82, 2.24) is 16.0 Å². The van der Waals surface area contributed by atoms with E-state index in [0.29, 0.717) is 25.8 Å². The lowest BCUT2D eigenvalue weighted by Gasteiger charge is -2.25. The number of aliphatic hydroxyl groups excluding tert-OH is 1. The largest absolute Gasteiger partial charge is 0.481 e. The van der Waals surface area contributed by atoms with Crippen molar-refractivity contribution in [2.45, 2.75) is 70.1 Å². The number of amides is 3. The molecule has 0 heterocycles. The quantitative estimate of drug-likeness (QED) is 0.112. The molecule has 32 heavy (non-hydrogen) atoms. The van der Waals surface area contributed by atoms with Crippen molar-refractivity contribution in [3.63, 3.8) is 0 Å². The number of aliphatic carboxylic acids is 2. The van der Waals surface area contributed by atoms with Gasteiger partial charge in [0.2, 0.25) is 17.7 Å². The van der Waals surface area contributed by atoms with E-state index < -0.39 is 66.9 Å². The Morgan fingerprint density at radius 1 is 0.875 bits per heavy atom. The van der Waals surface area contributed by atoms with Gasteiger partial charge in [0.05, 0.1) is 19.1 Å². The van der Waals surface area contributed by atoms with Crippen LogP contribution in [0.1, 0.15) is 46.0 Å². The summed E-state index contributed by atoms with van der Waals surface area (Å²) in [4.78, 5) is 59.8. The Labute approximate surface area is 186 Å². The highest BCUT2D eigenvalue weighted by molar-refractivity contribution is 5.95. The summed E-state index contributed by atoms with van der Waals surface area (Å²) in [6.07, 6.45) is 0.827. The monoisotopic (exact) mass is 461 g/mol. The lowest BCUT2D eigenvalue weighted by Crippen LogP contribution is -2.58. The highest BCUT2D eigenvalue weighted by Gasteiger charge is 2.31. The zero-order valence-electron chi connectivity index (χ0n) is 18.4. The van der Waals surface area contributed by atoms with Gasteiger partial charge in [-0.15, -0.1) is 0 Å². The average molecular weight is 462 g/mol. The summed E-state index contributed by atoms with van der Waals surface area (Å²) < 4.78 is 0. The van der Waals surface area contributed by atoms with Gasteiger partial charge in [0.1, 0.15) is 18.1 Å². The lowest BCUT2D eigenvalue weighted by molar-refractivity contribution is -0.144.